The number of hydrogen-bond donors (Lipinski definition) is 2. The highest BCUT2D eigenvalue weighted by atomic mass is 19.1. The smallest absolute Gasteiger partial charge is 0.267 e. The minimum Gasteiger partial charge on any atom is -0.319 e. The molecule has 1 amide bonds. The van der Waals surface area contributed by atoms with E-state index in [2.05, 4.69) is 9.88 Å². The number of aromatic nitrogens is 2. The van der Waals surface area contributed by atoms with Gasteiger partial charge in [-0.15, -0.1) is 0 Å². The second-order valence-corrected chi connectivity index (χ2v) is 7.55. The number of benzene rings is 2. The third-order valence-electron chi connectivity index (χ3n) is 5.38. The fourth-order valence-electron chi connectivity index (χ4n) is 4.01. The zero-order chi connectivity index (χ0) is 21.3. The second-order valence-electron chi connectivity index (χ2n) is 7.55. The van der Waals surface area contributed by atoms with Crippen molar-refractivity contribution < 1.29 is 18.8 Å². The van der Waals surface area contributed by atoms with Crippen LogP contribution in [0.2, 0.25) is 0 Å². The predicted molar refractivity (Wildman–Crippen MR) is 110 cm³/mol. The molecule has 1 fully saturated rings. The molecule has 1 aliphatic heterocycles. The van der Waals surface area contributed by atoms with Gasteiger partial charge in [0.1, 0.15) is 17.5 Å². The fourth-order valence-corrected chi connectivity index (χ4v) is 4.01. The molecule has 0 aliphatic carbocycles. The minimum absolute atomic E-state index is 0.0768. The first-order valence-corrected chi connectivity index (χ1v) is 9.74. The van der Waals surface area contributed by atoms with Gasteiger partial charge in [0, 0.05) is 24.7 Å². The van der Waals surface area contributed by atoms with Gasteiger partial charge in [-0.05, 0) is 62.3 Å². The van der Waals surface area contributed by atoms with Crippen molar-refractivity contribution in [2.24, 2.45) is 0 Å². The Morgan fingerprint density at radius 3 is 2.87 bits per heavy atom. The molecule has 4 rings (SSSR count). The molecule has 1 aliphatic rings. The molecule has 1 saturated heterocycles. The number of piperidine rings is 1. The van der Waals surface area contributed by atoms with Crippen molar-refractivity contribution in [1.29, 1.82) is 0 Å². The molecule has 1 unspecified atom stereocenters. The van der Waals surface area contributed by atoms with Crippen molar-refractivity contribution >= 4 is 23.0 Å². The van der Waals surface area contributed by atoms with E-state index in [4.69, 9.17) is 5.21 Å². The summed E-state index contributed by atoms with van der Waals surface area (Å²) < 4.78 is 30.7. The largest absolute Gasteiger partial charge is 0.319 e. The molecule has 0 bridgehead atoms. The Kier molecular flexibility index (Phi) is 5.61. The number of imidazole rings is 1. The highest BCUT2D eigenvalue weighted by molar-refractivity contribution is 5.91. The van der Waals surface area contributed by atoms with Crippen molar-refractivity contribution in [2.45, 2.75) is 18.9 Å². The summed E-state index contributed by atoms with van der Waals surface area (Å²) in [5.41, 5.74) is 3.58. The van der Waals surface area contributed by atoms with Gasteiger partial charge in [-0.2, -0.15) is 0 Å². The molecule has 2 heterocycles. The molecule has 0 radical (unpaired) electrons. The topological polar surface area (TPSA) is 70.4 Å². The monoisotopic (exact) mass is 412 g/mol. The predicted octanol–water partition coefficient (Wildman–Crippen LogP) is 3.77. The van der Waals surface area contributed by atoms with E-state index in [0.717, 1.165) is 37.5 Å². The number of halogens is 2. The lowest BCUT2D eigenvalue weighted by molar-refractivity contribution is -0.124. The van der Waals surface area contributed by atoms with Crippen molar-refractivity contribution in [3.63, 3.8) is 0 Å². The van der Waals surface area contributed by atoms with Crippen LogP contribution in [-0.4, -0.2) is 45.7 Å². The molecule has 0 saturated carbocycles. The summed E-state index contributed by atoms with van der Waals surface area (Å²) in [5, 5.41) is 8.64. The zero-order valence-corrected chi connectivity index (χ0v) is 16.5. The van der Waals surface area contributed by atoms with Crippen molar-refractivity contribution in [1.82, 2.24) is 19.9 Å². The fraction of sp³-hybridized carbons (Fsp3) is 0.273. The lowest BCUT2D eigenvalue weighted by Gasteiger charge is -2.32. The van der Waals surface area contributed by atoms with Gasteiger partial charge >= 0.3 is 0 Å². The van der Waals surface area contributed by atoms with E-state index in [0.29, 0.717) is 16.9 Å². The highest BCUT2D eigenvalue weighted by Gasteiger charge is 2.25. The number of fused-ring (bicyclic) bond motifs is 1. The van der Waals surface area contributed by atoms with Gasteiger partial charge in [0.2, 0.25) is 0 Å². The zero-order valence-electron chi connectivity index (χ0n) is 16.5. The first kappa shape index (κ1) is 20.2. The summed E-state index contributed by atoms with van der Waals surface area (Å²) in [5.74, 6) is -1.12. The number of carbonyl (C=O) groups excluding carboxylic acids is 1. The molecule has 3 aromatic rings. The van der Waals surface area contributed by atoms with E-state index in [1.54, 1.807) is 12.1 Å². The van der Waals surface area contributed by atoms with E-state index in [1.807, 2.05) is 11.6 Å². The molecule has 156 valence electrons. The summed E-state index contributed by atoms with van der Waals surface area (Å²) in [4.78, 5) is 18.1. The quantitative estimate of drug-likeness (QED) is 0.389. The Morgan fingerprint density at radius 1 is 1.27 bits per heavy atom. The van der Waals surface area contributed by atoms with E-state index >= 15 is 0 Å². The van der Waals surface area contributed by atoms with E-state index in [-0.39, 0.29) is 11.6 Å². The number of hydroxylamine groups is 1. The highest BCUT2D eigenvalue weighted by Crippen LogP contribution is 2.34. The molecule has 1 atom stereocenters. The first-order chi connectivity index (χ1) is 14.5. The van der Waals surface area contributed by atoms with Crippen LogP contribution in [0.1, 0.15) is 24.4 Å². The van der Waals surface area contributed by atoms with Gasteiger partial charge in [0.05, 0.1) is 16.6 Å². The van der Waals surface area contributed by atoms with E-state index in [1.165, 1.54) is 35.8 Å². The van der Waals surface area contributed by atoms with Gasteiger partial charge in [-0.1, -0.05) is 6.07 Å². The number of rotatable bonds is 4. The second kappa shape index (κ2) is 8.33. The lowest BCUT2D eigenvalue weighted by Crippen LogP contribution is -2.33. The van der Waals surface area contributed by atoms with Gasteiger partial charge in [-0.3, -0.25) is 10.0 Å². The third kappa shape index (κ3) is 3.96. The van der Waals surface area contributed by atoms with Gasteiger partial charge in [0.15, 0.2) is 0 Å². The molecule has 8 heteroatoms. The van der Waals surface area contributed by atoms with Crippen molar-refractivity contribution in [3.8, 4) is 11.4 Å². The van der Waals surface area contributed by atoms with Crippen molar-refractivity contribution in [2.75, 3.05) is 20.1 Å². The standard InChI is InChI=1S/C22H22F2N4O2/c1-27-10-2-3-16(13-27)28-20-8-6-15(23)12-19(20)25-22(28)17-11-14(4-7-18(17)24)5-9-21(29)26-30/h4-9,11-12,16,30H,2-3,10,13H2,1H3,(H,26,29). The molecule has 30 heavy (non-hydrogen) atoms. The Morgan fingerprint density at radius 2 is 2.10 bits per heavy atom. The summed E-state index contributed by atoms with van der Waals surface area (Å²) in [7, 11) is 2.04. The minimum atomic E-state index is -0.686. The van der Waals surface area contributed by atoms with Crippen LogP contribution in [0, 0.1) is 11.6 Å². The van der Waals surface area contributed by atoms with Crippen LogP contribution in [0.4, 0.5) is 8.78 Å². The van der Waals surface area contributed by atoms with E-state index < -0.39 is 17.5 Å². The normalized spacial score (nSPS) is 17.7. The Bertz CT molecular complexity index is 1130. The maximum atomic E-state index is 14.9. The Hall–Kier alpha value is -3.10. The molecular weight excluding hydrogens is 390 g/mol. The Balaban J connectivity index is 1.87. The maximum absolute atomic E-state index is 14.9. The summed E-state index contributed by atoms with van der Waals surface area (Å²) in [6, 6.07) is 8.94. The number of amides is 1. The number of hydrogen-bond acceptors (Lipinski definition) is 4. The van der Waals surface area contributed by atoms with Crippen LogP contribution in [0.25, 0.3) is 28.5 Å². The molecule has 6 nitrogen and oxygen atoms in total. The number of nitrogens with zero attached hydrogens (tertiary/aromatic N) is 3. The summed E-state index contributed by atoms with van der Waals surface area (Å²) >= 11 is 0. The summed E-state index contributed by atoms with van der Waals surface area (Å²) in [6.07, 6.45) is 4.53. The SMILES string of the molecule is CN1CCCC(n2c(-c3cc(C=CC(=O)NO)ccc3F)nc3cc(F)ccc32)C1. The van der Waals surface area contributed by atoms with Crippen LogP contribution >= 0.6 is 0 Å². The number of likely N-dealkylation sites (N-methyl/N-ethyl adjacent to an activating group) is 1. The molecule has 2 aromatic carbocycles. The van der Waals surface area contributed by atoms with Gasteiger partial charge in [-0.25, -0.2) is 19.2 Å². The van der Waals surface area contributed by atoms with E-state index in [9.17, 15) is 13.6 Å². The van der Waals surface area contributed by atoms with Crippen LogP contribution in [-0.2, 0) is 4.79 Å². The maximum Gasteiger partial charge on any atom is 0.267 e. The third-order valence-corrected chi connectivity index (χ3v) is 5.38. The average Bonchev–Trinajstić information content (AvgIpc) is 3.11. The average molecular weight is 412 g/mol. The molecular formula is C22H22F2N4O2. The van der Waals surface area contributed by atoms with Gasteiger partial charge < -0.3 is 9.47 Å². The van der Waals surface area contributed by atoms with Crippen LogP contribution < -0.4 is 5.48 Å². The number of carbonyl (C=O) groups is 1. The van der Waals surface area contributed by atoms with Crippen LogP contribution in [0.5, 0.6) is 0 Å². The van der Waals surface area contributed by atoms with Crippen molar-refractivity contribution in [3.05, 3.63) is 59.7 Å². The van der Waals surface area contributed by atoms with Crippen LogP contribution in [0.3, 0.4) is 0 Å². The van der Waals surface area contributed by atoms with Crippen LogP contribution in [0.15, 0.2) is 42.5 Å². The van der Waals surface area contributed by atoms with Gasteiger partial charge in [0.25, 0.3) is 5.91 Å². The molecule has 1 aromatic heterocycles. The molecule has 2 N–H and O–H groups in total. The lowest BCUT2D eigenvalue weighted by atomic mass is 10.0. The molecule has 0 spiro atoms. The first-order valence-electron chi connectivity index (χ1n) is 9.74. The number of likely N-dealkylation sites (tertiary alicyclic amines) is 1. The summed E-state index contributed by atoms with van der Waals surface area (Å²) in [6.45, 7) is 1.78. The Labute approximate surface area is 172 Å². The number of nitrogens with one attached hydrogen (secondary N) is 1.